The third-order valence-corrected chi connectivity index (χ3v) is 2.38. The van der Waals surface area contributed by atoms with E-state index in [9.17, 15) is 14.7 Å². The summed E-state index contributed by atoms with van der Waals surface area (Å²) in [6.07, 6.45) is 0.148. The Morgan fingerprint density at radius 1 is 1.35 bits per heavy atom. The number of para-hydroxylation sites is 1. The van der Waals surface area contributed by atoms with E-state index in [1.165, 1.54) is 19.1 Å². The molecule has 5 nitrogen and oxygen atoms in total. The number of phenols is 1. The highest BCUT2D eigenvalue weighted by atomic mass is 16.4. The standard InChI is InChI=1S/C12H15NO4/c1-8(12(16)17)13-7-6-11(15)9-4-2-3-5-10(9)14/h2-5,8,13-14H,6-7H2,1H3,(H,16,17). The number of carbonyl (C=O) groups is 2. The van der Waals surface area contributed by atoms with Crippen molar-refractivity contribution in [3.63, 3.8) is 0 Å². The van der Waals surface area contributed by atoms with Gasteiger partial charge in [0.2, 0.25) is 0 Å². The molecule has 1 atom stereocenters. The van der Waals surface area contributed by atoms with Gasteiger partial charge in [0.05, 0.1) is 5.56 Å². The number of nitrogens with one attached hydrogen (secondary N) is 1. The van der Waals surface area contributed by atoms with Crippen molar-refractivity contribution in [2.75, 3.05) is 6.54 Å². The van der Waals surface area contributed by atoms with E-state index in [4.69, 9.17) is 5.11 Å². The van der Waals surface area contributed by atoms with Crippen LogP contribution in [0.3, 0.4) is 0 Å². The van der Waals surface area contributed by atoms with Crippen molar-refractivity contribution in [1.29, 1.82) is 0 Å². The van der Waals surface area contributed by atoms with E-state index >= 15 is 0 Å². The minimum Gasteiger partial charge on any atom is -0.507 e. The molecule has 0 fully saturated rings. The zero-order valence-corrected chi connectivity index (χ0v) is 9.51. The highest BCUT2D eigenvalue weighted by molar-refractivity contribution is 5.98. The van der Waals surface area contributed by atoms with Crippen molar-refractivity contribution in [3.8, 4) is 5.75 Å². The van der Waals surface area contributed by atoms with Gasteiger partial charge in [-0.1, -0.05) is 12.1 Å². The van der Waals surface area contributed by atoms with Crippen molar-refractivity contribution >= 4 is 11.8 Å². The smallest absolute Gasteiger partial charge is 0.320 e. The maximum absolute atomic E-state index is 11.7. The molecule has 5 heteroatoms. The summed E-state index contributed by atoms with van der Waals surface area (Å²) < 4.78 is 0. The molecule has 0 radical (unpaired) electrons. The molecule has 0 amide bonds. The van der Waals surface area contributed by atoms with Gasteiger partial charge in [0, 0.05) is 13.0 Å². The number of hydrogen-bond donors (Lipinski definition) is 3. The number of aromatic hydroxyl groups is 1. The molecule has 0 saturated heterocycles. The maximum atomic E-state index is 11.7. The minimum atomic E-state index is -0.958. The molecule has 0 bridgehead atoms. The first-order valence-corrected chi connectivity index (χ1v) is 5.29. The predicted octanol–water partition coefficient (Wildman–Crippen LogP) is 1.03. The van der Waals surface area contributed by atoms with Crippen molar-refractivity contribution in [1.82, 2.24) is 5.32 Å². The number of carboxylic acids is 1. The van der Waals surface area contributed by atoms with Crippen LogP contribution in [0.15, 0.2) is 24.3 Å². The van der Waals surface area contributed by atoms with E-state index in [0.29, 0.717) is 0 Å². The fraction of sp³-hybridized carbons (Fsp3) is 0.333. The topological polar surface area (TPSA) is 86.6 Å². The van der Waals surface area contributed by atoms with Crippen molar-refractivity contribution in [2.24, 2.45) is 0 Å². The average Bonchev–Trinajstić information content (AvgIpc) is 2.29. The quantitative estimate of drug-likeness (QED) is 0.643. The van der Waals surface area contributed by atoms with Crippen LogP contribution in [0.5, 0.6) is 5.75 Å². The van der Waals surface area contributed by atoms with E-state index in [-0.39, 0.29) is 30.1 Å². The van der Waals surface area contributed by atoms with E-state index < -0.39 is 12.0 Å². The lowest BCUT2D eigenvalue weighted by Crippen LogP contribution is -2.35. The van der Waals surface area contributed by atoms with Gasteiger partial charge < -0.3 is 15.5 Å². The Balaban J connectivity index is 2.46. The summed E-state index contributed by atoms with van der Waals surface area (Å²) in [6, 6.07) is 5.60. The first kappa shape index (κ1) is 13.2. The van der Waals surface area contributed by atoms with Crippen molar-refractivity contribution in [3.05, 3.63) is 29.8 Å². The zero-order valence-electron chi connectivity index (χ0n) is 9.51. The Labute approximate surface area is 99.1 Å². The van der Waals surface area contributed by atoms with Gasteiger partial charge in [-0.2, -0.15) is 0 Å². The first-order valence-electron chi connectivity index (χ1n) is 5.29. The Morgan fingerprint density at radius 3 is 2.59 bits per heavy atom. The fourth-order valence-corrected chi connectivity index (χ4v) is 1.33. The van der Waals surface area contributed by atoms with Gasteiger partial charge in [0.15, 0.2) is 5.78 Å². The molecule has 1 aromatic rings. The molecule has 17 heavy (non-hydrogen) atoms. The molecule has 1 aromatic carbocycles. The summed E-state index contributed by atoms with van der Waals surface area (Å²) >= 11 is 0. The number of rotatable bonds is 6. The molecular weight excluding hydrogens is 222 g/mol. The Morgan fingerprint density at radius 2 is 2.00 bits per heavy atom. The molecule has 0 aliphatic carbocycles. The van der Waals surface area contributed by atoms with Gasteiger partial charge in [-0.3, -0.25) is 9.59 Å². The summed E-state index contributed by atoms with van der Waals surface area (Å²) in [6.45, 7) is 1.77. The number of phenolic OH excluding ortho intramolecular Hbond substituents is 1. The van der Waals surface area contributed by atoms with Crippen LogP contribution in [0, 0.1) is 0 Å². The highest BCUT2D eigenvalue weighted by Gasteiger charge is 2.12. The lowest BCUT2D eigenvalue weighted by molar-refractivity contribution is -0.138. The summed E-state index contributed by atoms with van der Waals surface area (Å²) in [5.41, 5.74) is 0.261. The number of hydrogen-bond acceptors (Lipinski definition) is 4. The Hall–Kier alpha value is -1.88. The van der Waals surface area contributed by atoms with Gasteiger partial charge in [-0.25, -0.2) is 0 Å². The van der Waals surface area contributed by atoms with Crippen LogP contribution in [0.2, 0.25) is 0 Å². The Bertz CT molecular complexity index is 417. The van der Waals surface area contributed by atoms with Crippen LogP contribution in [-0.4, -0.2) is 34.6 Å². The van der Waals surface area contributed by atoms with Crippen molar-refractivity contribution < 1.29 is 19.8 Å². The van der Waals surface area contributed by atoms with Gasteiger partial charge in [-0.05, 0) is 19.1 Å². The van der Waals surface area contributed by atoms with Crippen LogP contribution in [0.25, 0.3) is 0 Å². The summed E-state index contributed by atoms with van der Waals surface area (Å²) in [4.78, 5) is 22.2. The lowest BCUT2D eigenvalue weighted by atomic mass is 10.1. The number of carboxylic acid groups (broad SMARTS) is 1. The third-order valence-electron chi connectivity index (χ3n) is 2.38. The van der Waals surface area contributed by atoms with Gasteiger partial charge in [0.1, 0.15) is 11.8 Å². The summed E-state index contributed by atoms with van der Waals surface area (Å²) in [7, 11) is 0. The first-order chi connectivity index (χ1) is 8.02. The number of benzene rings is 1. The van der Waals surface area contributed by atoms with Crippen LogP contribution in [0.4, 0.5) is 0 Å². The van der Waals surface area contributed by atoms with E-state index in [1.54, 1.807) is 12.1 Å². The molecule has 1 unspecified atom stereocenters. The van der Waals surface area contributed by atoms with Gasteiger partial charge in [0.25, 0.3) is 0 Å². The number of ketones is 1. The van der Waals surface area contributed by atoms with E-state index in [2.05, 4.69) is 5.32 Å². The number of Topliss-reactive ketones (excluding diaryl/α,β-unsaturated/α-hetero) is 1. The van der Waals surface area contributed by atoms with Crippen LogP contribution in [0.1, 0.15) is 23.7 Å². The molecule has 3 N–H and O–H groups in total. The van der Waals surface area contributed by atoms with Gasteiger partial charge >= 0.3 is 5.97 Å². The Kier molecular flexibility index (Phi) is 4.66. The van der Waals surface area contributed by atoms with Crippen molar-refractivity contribution in [2.45, 2.75) is 19.4 Å². The molecule has 1 rings (SSSR count). The maximum Gasteiger partial charge on any atom is 0.320 e. The number of aliphatic carboxylic acids is 1. The molecule has 0 saturated carbocycles. The molecule has 0 aromatic heterocycles. The molecule has 0 spiro atoms. The minimum absolute atomic E-state index is 0.0521. The highest BCUT2D eigenvalue weighted by Crippen LogP contribution is 2.16. The second-order valence-corrected chi connectivity index (χ2v) is 3.70. The van der Waals surface area contributed by atoms with Crippen LogP contribution >= 0.6 is 0 Å². The second kappa shape index (κ2) is 6.00. The molecular formula is C12H15NO4. The van der Waals surface area contributed by atoms with Gasteiger partial charge in [-0.15, -0.1) is 0 Å². The molecule has 0 aliphatic rings. The van der Waals surface area contributed by atoms with Crippen LogP contribution < -0.4 is 5.32 Å². The summed E-state index contributed by atoms with van der Waals surface area (Å²) in [5, 5.41) is 20.8. The average molecular weight is 237 g/mol. The molecule has 92 valence electrons. The van der Waals surface area contributed by atoms with E-state index in [1.807, 2.05) is 0 Å². The predicted molar refractivity (Wildman–Crippen MR) is 62.2 cm³/mol. The van der Waals surface area contributed by atoms with Crippen LogP contribution in [-0.2, 0) is 4.79 Å². The lowest BCUT2D eigenvalue weighted by Gasteiger charge is -2.08. The second-order valence-electron chi connectivity index (χ2n) is 3.70. The summed E-state index contributed by atoms with van der Waals surface area (Å²) in [5.74, 6) is -1.23. The molecule has 0 aliphatic heterocycles. The normalized spacial score (nSPS) is 12.1. The largest absolute Gasteiger partial charge is 0.507 e. The monoisotopic (exact) mass is 237 g/mol. The van der Waals surface area contributed by atoms with E-state index in [0.717, 1.165) is 0 Å². The SMILES string of the molecule is CC(NCCC(=O)c1ccccc1O)C(=O)O. The third kappa shape index (κ3) is 3.88. The zero-order chi connectivity index (χ0) is 12.8. The number of carbonyl (C=O) groups excluding carboxylic acids is 1. The fourth-order valence-electron chi connectivity index (χ4n) is 1.33. The molecule has 0 heterocycles.